The fraction of sp³-hybridized carbons (Fsp3) is 0.533. The van der Waals surface area contributed by atoms with Crippen LogP contribution in [0.3, 0.4) is 0 Å². The topological polar surface area (TPSA) is 64.3 Å². The number of amides is 1. The van der Waals surface area contributed by atoms with Crippen LogP contribution in [0.15, 0.2) is 24.3 Å². The molecule has 0 aliphatic carbocycles. The maximum atomic E-state index is 11.9. The van der Waals surface area contributed by atoms with E-state index in [2.05, 4.69) is 12.2 Å². The Morgan fingerprint density at radius 2 is 1.90 bits per heavy atom. The van der Waals surface area contributed by atoms with Crippen LogP contribution in [0.4, 0.5) is 5.69 Å². The number of carbonyl (C=O) groups is 1. The molecule has 0 saturated heterocycles. The Kier molecular flexibility index (Phi) is 9.01. The lowest BCUT2D eigenvalue weighted by molar-refractivity contribution is -0.118. The van der Waals surface area contributed by atoms with Crippen molar-refractivity contribution < 1.29 is 9.53 Å². The molecule has 4 nitrogen and oxygen atoms in total. The minimum atomic E-state index is -0.471. The first kappa shape index (κ1) is 18.7. The number of ether oxygens (including phenoxy) is 1. The van der Waals surface area contributed by atoms with Crippen LogP contribution in [0.1, 0.15) is 33.6 Å². The van der Waals surface area contributed by atoms with Gasteiger partial charge in [-0.05, 0) is 36.6 Å². The zero-order chi connectivity index (χ0) is 14.3. The molecule has 0 heterocycles. The molecule has 0 aromatic heterocycles. The monoisotopic (exact) mass is 300 g/mol. The van der Waals surface area contributed by atoms with Gasteiger partial charge in [0.15, 0.2) is 0 Å². The number of anilines is 1. The first-order chi connectivity index (χ1) is 9.08. The lowest BCUT2D eigenvalue weighted by Gasteiger charge is -2.17. The van der Waals surface area contributed by atoms with Crippen molar-refractivity contribution in [2.45, 2.75) is 39.7 Å². The molecule has 0 spiro atoms. The molecule has 114 valence electrons. The van der Waals surface area contributed by atoms with Gasteiger partial charge in [0.2, 0.25) is 5.91 Å². The number of hydrogen-bond acceptors (Lipinski definition) is 3. The predicted molar refractivity (Wildman–Crippen MR) is 85.5 cm³/mol. The zero-order valence-electron chi connectivity index (χ0n) is 12.4. The highest BCUT2D eigenvalue weighted by molar-refractivity contribution is 5.94. The lowest BCUT2D eigenvalue weighted by Crippen LogP contribution is -2.40. The highest BCUT2D eigenvalue weighted by atomic mass is 35.5. The number of halogens is 1. The standard InChI is InChI=1S/C15H24N2O2.ClH/c1-4-10-19-13-8-6-12(7-9-13)17-15(18)14(16)11(3)5-2;/h6-9,11,14H,4-5,10,16H2,1-3H3,(H,17,18);1H. The van der Waals surface area contributed by atoms with Crippen LogP contribution in [0.2, 0.25) is 0 Å². The van der Waals surface area contributed by atoms with Crippen LogP contribution in [0.25, 0.3) is 0 Å². The van der Waals surface area contributed by atoms with E-state index in [4.69, 9.17) is 10.5 Å². The van der Waals surface area contributed by atoms with Crippen molar-refractivity contribution in [2.75, 3.05) is 11.9 Å². The Labute approximate surface area is 127 Å². The second-order valence-corrected chi connectivity index (χ2v) is 4.77. The Bertz CT molecular complexity index is 395. The molecule has 1 rings (SSSR count). The molecule has 0 aliphatic heterocycles. The van der Waals surface area contributed by atoms with Gasteiger partial charge in [-0.15, -0.1) is 12.4 Å². The van der Waals surface area contributed by atoms with Gasteiger partial charge in [-0.1, -0.05) is 27.2 Å². The Morgan fingerprint density at radius 1 is 1.30 bits per heavy atom. The summed E-state index contributed by atoms with van der Waals surface area (Å²) in [6.07, 6.45) is 1.86. The van der Waals surface area contributed by atoms with Crippen molar-refractivity contribution in [3.8, 4) is 5.75 Å². The van der Waals surface area contributed by atoms with E-state index in [0.29, 0.717) is 6.61 Å². The van der Waals surface area contributed by atoms with Crippen molar-refractivity contribution in [2.24, 2.45) is 11.7 Å². The van der Waals surface area contributed by atoms with Gasteiger partial charge < -0.3 is 15.8 Å². The molecule has 0 aliphatic rings. The van der Waals surface area contributed by atoms with Crippen LogP contribution in [-0.2, 0) is 4.79 Å². The zero-order valence-corrected chi connectivity index (χ0v) is 13.2. The van der Waals surface area contributed by atoms with E-state index in [1.165, 1.54) is 0 Å². The largest absolute Gasteiger partial charge is 0.494 e. The van der Waals surface area contributed by atoms with Gasteiger partial charge in [0, 0.05) is 5.69 Å². The van der Waals surface area contributed by atoms with Gasteiger partial charge in [-0.2, -0.15) is 0 Å². The SMILES string of the molecule is CCCOc1ccc(NC(=O)C(N)C(C)CC)cc1.Cl. The van der Waals surface area contributed by atoms with Crippen molar-refractivity contribution in [1.82, 2.24) is 0 Å². The molecular formula is C15H25ClN2O2. The summed E-state index contributed by atoms with van der Waals surface area (Å²) in [5.74, 6) is 0.842. The van der Waals surface area contributed by atoms with E-state index in [1.807, 2.05) is 38.1 Å². The second kappa shape index (κ2) is 9.61. The number of carbonyl (C=O) groups excluding carboxylic acids is 1. The molecule has 1 aromatic rings. The highest BCUT2D eigenvalue weighted by Crippen LogP contribution is 2.16. The summed E-state index contributed by atoms with van der Waals surface area (Å²) in [4.78, 5) is 11.9. The third kappa shape index (κ3) is 5.80. The van der Waals surface area contributed by atoms with Crippen molar-refractivity contribution in [3.05, 3.63) is 24.3 Å². The smallest absolute Gasteiger partial charge is 0.241 e. The quantitative estimate of drug-likeness (QED) is 0.812. The number of benzene rings is 1. The fourth-order valence-electron chi connectivity index (χ4n) is 1.59. The van der Waals surface area contributed by atoms with Crippen molar-refractivity contribution in [1.29, 1.82) is 0 Å². The molecule has 0 saturated carbocycles. The summed E-state index contributed by atoms with van der Waals surface area (Å²) in [6, 6.07) is 6.87. The molecule has 1 aromatic carbocycles. The molecule has 0 radical (unpaired) electrons. The molecule has 3 N–H and O–H groups in total. The molecule has 5 heteroatoms. The minimum Gasteiger partial charge on any atom is -0.494 e. The number of nitrogens with two attached hydrogens (primary N) is 1. The number of hydrogen-bond donors (Lipinski definition) is 2. The predicted octanol–water partition coefficient (Wildman–Crippen LogP) is 3.21. The van der Waals surface area contributed by atoms with Crippen LogP contribution in [0, 0.1) is 5.92 Å². The lowest BCUT2D eigenvalue weighted by atomic mass is 9.99. The maximum absolute atomic E-state index is 11.9. The van der Waals surface area contributed by atoms with Gasteiger partial charge in [0.25, 0.3) is 0 Å². The fourth-order valence-corrected chi connectivity index (χ4v) is 1.59. The normalized spacial score (nSPS) is 13.0. The summed E-state index contributed by atoms with van der Waals surface area (Å²) in [7, 11) is 0. The molecule has 2 atom stereocenters. The Morgan fingerprint density at radius 3 is 2.40 bits per heavy atom. The summed E-state index contributed by atoms with van der Waals surface area (Å²) in [5, 5.41) is 2.82. The van der Waals surface area contributed by atoms with Crippen LogP contribution in [-0.4, -0.2) is 18.6 Å². The molecule has 1 amide bonds. The Hall–Kier alpha value is -1.26. The van der Waals surface area contributed by atoms with Crippen molar-refractivity contribution >= 4 is 24.0 Å². The molecule has 2 unspecified atom stereocenters. The Balaban J connectivity index is 0.00000361. The van der Waals surface area contributed by atoms with E-state index >= 15 is 0 Å². The average molecular weight is 301 g/mol. The van der Waals surface area contributed by atoms with Crippen LogP contribution in [0.5, 0.6) is 5.75 Å². The minimum absolute atomic E-state index is 0. The molecular weight excluding hydrogens is 276 g/mol. The first-order valence-electron chi connectivity index (χ1n) is 6.87. The van der Waals surface area contributed by atoms with E-state index in [-0.39, 0.29) is 24.2 Å². The number of rotatable bonds is 7. The third-order valence-electron chi connectivity index (χ3n) is 3.15. The highest BCUT2D eigenvalue weighted by Gasteiger charge is 2.19. The van der Waals surface area contributed by atoms with Gasteiger partial charge in [0.05, 0.1) is 12.6 Å². The van der Waals surface area contributed by atoms with E-state index < -0.39 is 6.04 Å². The molecule has 0 fully saturated rings. The van der Waals surface area contributed by atoms with Crippen molar-refractivity contribution in [3.63, 3.8) is 0 Å². The van der Waals surface area contributed by atoms with Crippen LogP contribution < -0.4 is 15.8 Å². The summed E-state index contributed by atoms with van der Waals surface area (Å²) >= 11 is 0. The second-order valence-electron chi connectivity index (χ2n) is 4.77. The molecule has 0 bridgehead atoms. The maximum Gasteiger partial charge on any atom is 0.241 e. The summed E-state index contributed by atoms with van der Waals surface area (Å²) in [6.45, 7) is 6.76. The summed E-state index contributed by atoms with van der Waals surface area (Å²) in [5.41, 5.74) is 6.62. The van der Waals surface area contributed by atoms with Gasteiger partial charge in [-0.3, -0.25) is 4.79 Å². The molecule has 20 heavy (non-hydrogen) atoms. The average Bonchev–Trinajstić information content (AvgIpc) is 2.44. The number of nitrogens with one attached hydrogen (secondary N) is 1. The van der Waals surface area contributed by atoms with Gasteiger partial charge >= 0.3 is 0 Å². The summed E-state index contributed by atoms with van der Waals surface area (Å²) < 4.78 is 5.48. The first-order valence-corrected chi connectivity index (χ1v) is 6.87. The van der Waals surface area contributed by atoms with Gasteiger partial charge in [0.1, 0.15) is 5.75 Å². The van der Waals surface area contributed by atoms with Gasteiger partial charge in [-0.25, -0.2) is 0 Å². The van der Waals surface area contributed by atoms with E-state index in [1.54, 1.807) is 0 Å². The van der Waals surface area contributed by atoms with Crippen LogP contribution >= 0.6 is 12.4 Å². The third-order valence-corrected chi connectivity index (χ3v) is 3.15. The van der Waals surface area contributed by atoms with E-state index in [0.717, 1.165) is 24.3 Å². The van der Waals surface area contributed by atoms with E-state index in [9.17, 15) is 4.79 Å².